The van der Waals surface area contributed by atoms with Gasteiger partial charge in [-0.1, -0.05) is 167 Å². The van der Waals surface area contributed by atoms with Gasteiger partial charge in [0.2, 0.25) is 0 Å². The number of hydrogen-bond acceptors (Lipinski definition) is 6. The average molecular weight is 748 g/mol. The molecule has 0 saturated carbocycles. The fourth-order valence-electron chi connectivity index (χ4n) is 7.13. The molecular weight excluding hydrogens is 659 g/mol. The molecule has 312 valence electrons. The molecule has 0 heterocycles. The Morgan fingerprint density at radius 3 is 1.13 bits per heavy atom. The standard InChI is InChI=1S/C47H89NO5/c1-5-9-11-13-15-17-19-25-34-44(32-7-3)42-46(50)52-40-29-23-21-27-36-48(38-31-39-49)37-28-22-24-30-41-53-47(51)43-45(33-8-4)35-26-20-18-16-14-12-10-6-2/h42-43,49H,5-41H2,1-4H3/b44-42+,45-43+. The van der Waals surface area contributed by atoms with Crippen molar-refractivity contribution in [3.8, 4) is 0 Å². The number of carbonyl (C=O) groups excluding carboxylic acids is 2. The van der Waals surface area contributed by atoms with Crippen LogP contribution < -0.4 is 0 Å². The summed E-state index contributed by atoms with van der Waals surface area (Å²) in [5, 5.41) is 9.39. The first-order valence-electron chi connectivity index (χ1n) is 23.1. The third-order valence-corrected chi connectivity index (χ3v) is 10.3. The van der Waals surface area contributed by atoms with Crippen molar-refractivity contribution in [3.63, 3.8) is 0 Å². The smallest absolute Gasteiger partial charge is 0.330 e. The molecule has 0 aromatic rings. The van der Waals surface area contributed by atoms with Crippen LogP contribution in [0.3, 0.4) is 0 Å². The molecule has 0 unspecified atom stereocenters. The number of hydrogen-bond donors (Lipinski definition) is 1. The zero-order chi connectivity index (χ0) is 38.9. The van der Waals surface area contributed by atoms with Crippen LogP contribution >= 0.6 is 0 Å². The van der Waals surface area contributed by atoms with Crippen molar-refractivity contribution in [1.29, 1.82) is 0 Å². The van der Waals surface area contributed by atoms with Crippen LogP contribution in [0.2, 0.25) is 0 Å². The van der Waals surface area contributed by atoms with Gasteiger partial charge in [-0.05, 0) is 83.7 Å². The van der Waals surface area contributed by atoms with E-state index < -0.39 is 0 Å². The van der Waals surface area contributed by atoms with Gasteiger partial charge in [0.15, 0.2) is 0 Å². The lowest BCUT2D eigenvalue weighted by atomic mass is 10.0. The summed E-state index contributed by atoms with van der Waals surface area (Å²) in [5.74, 6) is -0.327. The minimum absolute atomic E-state index is 0.163. The first-order chi connectivity index (χ1) is 26.0. The molecule has 0 rings (SSSR count). The minimum Gasteiger partial charge on any atom is -0.463 e. The van der Waals surface area contributed by atoms with Crippen molar-refractivity contribution >= 4 is 11.9 Å². The van der Waals surface area contributed by atoms with Crippen LogP contribution in [-0.2, 0) is 19.1 Å². The Morgan fingerprint density at radius 1 is 0.415 bits per heavy atom. The summed E-state index contributed by atoms with van der Waals surface area (Å²) in [6, 6.07) is 0. The van der Waals surface area contributed by atoms with Gasteiger partial charge in [0.1, 0.15) is 0 Å². The maximum Gasteiger partial charge on any atom is 0.330 e. The summed E-state index contributed by atoms with van der Waals surface area (Å²) in [7, 11) is 0. The molecule has 0 radical (unpaired) electrons. The van der Waals surface area contributed by atoms with Crippen LogP contribution in [-0.4, -0.2) is 61.4 Å². The van der Waals surface area contributed by atoms with E-state index in [9.17, 15) is 14.7 Å². The monoisotopic (exact) mass is 748 g/mol. The zero-order valence-corrected chi connectivity index (χ0v) is 35.8. The maximum absolute atomic E-state index is 12.4. The second-order valence-corrected chi connectivity index (χ2v) is 15.6. The van der Waals surface area contributed by atoms with Crippen molar-refractivity contribution in [2.45, 2.75) is 227 Å². The molecule has 53 heavy (non-hydrogen) atoms. The van der Waals surface area contributed by atoms with Crippen molar-refractivity contribution in [1.82, 2.24) is 4.90 Å². The lowest BCUT2D eigenvalue weighted by Gasteiger charge is -2.22. The fraction of sp³-hybridized carbons (Fsp3) is 0.872. The highest BCUT2D eigenvalue weighted by Crippen LogP contribution is 2.18. The summed E-state index contributed by atoms with van der Waals surface area (Å²) in [6.45, 7) is 13.2. The van der Waals surface area contributed by atoms with Gasteiger partial charge in [-0.3, -0.25) is 0 Å². The molecular formula is C47H89NO5. The highest BCUT2D eigenvalue weighted by molar-refractivity contribution is 5.83. The number of aliphatic hydroxyl groups excluding tert-OH is 1. The van der Waals surface area contributed by atoms with Crippen LogP contribution in [0.25, 0.3) is 0 Å². The SMILES string of the molecule is CCCCCCCCCC/C(=C/C(=O)OCCCCCCN(CCCO)CCCCCCOC(=O)/C=C(\CCC)CCCCCCCCCC)CCC. The van der Waals surface area contributed by atoms with Gasteiger partial charge in [0, 0.05) is 25.3 Å². The van der Waals surface area contributed by atoms with E-state index in [1.807, 2.05) is 0 Å². The molecule has 0 fully saturated rings. The van der Waals surface area contributed by atoms with Crippen molar-refractivity contribution in [2.24, 2.45) is 0 Å². The first-order valence-corrected chi connectivity index (χ1v) is 23.1. The molecule has 0 saturated heterocycles. The summed E-state index contributed by atoms with van der Waals surface area (Å²) in [6.07, 6.45) is 40.0. The van der Waals surface area contributed by atoms with E-state index in [2.05, 4.69) is 32.6 Å². The predicted octanol–water partition coefficient (Wildman–Crippen LogP) is 13.4. The molecule has 0 aliphatic heterocycles. The molecule has 0 spiro atoms. The lowest BCUT2D eigenvalue weighted by molar-refractivity contribution is -0.138. The number of aliphatic hydroxyl groups is 1. The van der Waals surface area contributed by atoms with Crippen LogP contribution in [0.4, 0.5) is 0 Å². The molecule has 0 aromatic carbocycles. The van der Waals surface area contributed by atoms with Gasteiger partial charge in [0.25, 0.3) is 0 Å². The lowest BCUT2D eigenvalue weighted by Crippen LogP contribution is -2.28. The van der Waals surface area contributed by atoms with Gasteiger partial charge >= 0.3 is 11.9 Å². The number of unbranched alkanes of at least 4 members (excludes halogenated alkanes) is 20. The summed E-state index contributed by atoms with van der Waals surface area (Å²) >= 11 is 0. The Morgan fingerprint density at radius 2 is 0.755 bits per heavy atom. The Labute approximate surface area is 329 Å². The number of rotatable bonds is 41. The van der Waals surface area contributed by atoms with Crippen LogP contribution in [0.5, 0.6) is 0 Å². The number of ether oxygens (including phenoxy) is 2. The fourth-order valence-corrected chi connectivity index (χ4v) is 7.13. The van der Waals surface area contributed by atoms with E-state index in [1.165, 1.54) is 114 Å². The maximum atomic E-state index is 12.4. The van der Waals surface area contributed by atoms with Crippen molar-refractivity contribution in [3.05, 3.63) is 23.3 Å². The van der Waals surface area contributed by atoms with Crippen LogP contribution in [0.15, 0.2) is 23.3 Å². The summed E-state index contributed by atoms with van der Waals surface area (Å²) < 4.78 is 11.1. The Hall–Kier alpha value is -1.66. The van der Waals surface area contributed by atoms with Gasteiger partial charge in [-0.15, -0.1) is 0 Å². The Balaban J connectivity index is 4.12. The van der Waals surface area contributed by atoms with Gasteiger partial charge in [0.05, 0.1) is 13.2 Å². The predicted molar refractivity (Wildman–Crippen MR) is 227 cm³/mol. The molecule has 0 amide bonds. The molecule has 0 aliphatic rings. The Bertz CT molecular complexity index is 803. The first kappa shape index (κ1) is 51.3. The van der Waals surface area contributed by atoms with E-state index >= 15 is 0 Å². The highest BCUT2D eigenvalue weighted by atomic mass is 16.5. The van der Waals surface area contributed by atoms with Gasteiger partial charge in [-0.25, -0.2) is 9.59 Å². The largest absolute Gasteiger partial charge is 0.463 e. The quantitative estimate of drug-likeness (QED) is 0.0381. The molecule has 6 nitrogen and oxygen atoms in total. The van der Waals surface area contributed by atoms with Crippen LogP contribution in [0.1, 0.15) is 227 Å². The van der Waals surface area contributed by atoms with E-state index in [-0.39, 0.29) is 18.5 Å². The summed E-state index contributed by atoms with van der Waals surface area (Å²) in [5.41, 5.74) is 2.51. The Kier molecular flexibility index (Phi) is 40.2. The molecule has 0 aromatic heterocycles. The third kappa shape index (κ3) is 37.1. The second-order valence-electron chi connectivity index (χ2n) is 15.6. The van der Waals surface area contributed by atoms with E-state index in [1.54, 1.807) is 12.2 Å². The van der Waals surface area contributed by atoms with Gasteiger partial charge < -0.3 is 19.5 Å². The van der Waals surface area contributed by atoms with E-state index in [0.717, 1.165) is 116 Å². The van der Waals surface area contributed by atoms with E-state index in [4.69, 9.17) is 9.47 Å². The average Bonchev–Trinajstić information content (AvgIpc) is 3.14. The number of esters is 2. The normalized spacial score (nSPS) is 12.2. The third-order valence-electron chi connectivity index (χ3n) is 10.3. The van der Waals surface area contributed by atoms with E-state index in [0.29, 0.717) is 13.2 Å². The summed E-state index contributed by atoms with van der Waals surface area (Å²) in [4.78, 5) is 27.4. The van der Waals surface area contributed by atoms with Gasteiger partial charge in [-0.2, -0.15) is 0 Å². The molecule has 0 aliphatic carbocycles. The number of carbonyl (C=O) groups is 2. The molecule has 6 heteroatoms. The second kappa shape index (κ2) is 41.5. The minimum atomic E-state index is -0.163. The highest BCUT2D eigenvalue weighted by Gasteiger charge is 2.08. The van der Waals surface area contributed by atoms with Crippen molar-refractivity contribution < 1.29 is 24.2 Å². The number of allylic oxidation sites excluding steroid dienone is 2. The molecule has 0 bridgehead atoms. The topological polar surface area (TPSA) is 76.1 Å². The van der Waals surface area contributed by atoms with Crippen molar-refractivity contribution in [2.75, 3.05) is 39.5 Å². The van der Waals surface area contributed by atoms with Crippen LogP contribution in [0, 0.1) is 0 Å². The molecule has 0 atom stereocenters. The molecule has 1 N–H and O–H groups in total. The number of nitrogens with zero attached hydrogens (tertiary/aromatic N) is 1. The zero-order valence-electron chi connectivity index (χ0n) is 35.8.